The van der Waals surface area contributed by atoms with Crippen LogP contribution in [0.3, 0.4) is 0 Å². The number of aryl methyl sites for hydroxylation is 1. The van der Waals surface area contributed by atoms with E-state index in [2.05, 4.69) is 5.32 Å². The molecule has 0 aliphatic carbocycles. The Balaban J connectivity index is 2.03. The highest BCUT2D eigenvalue weighted by molar-refractivity contribution is 7.90. The fraction of sp³-hybridized carbons (Fsp3) is 0.320. The van der Waals surface area contributed by atoms with Gasteiger partial charge >= 0.3 is 6.18 Å². The number of aliphatic hydroxyl groups excluding tert-OH is 1. The number of unbranched alkanes of at least 4 members (excludes halogenated alkanes) is 2. The van der Waals surface area contributed by atoms with Crippen LogP contribution in [-0.2, 0) is 22.6 Å². The van der Waals surface area contributed by atoms with Crippen molar-refractivity contribution in [1.29, 1.82) is 0 Å². The number of anilines is 1. The van der Waals surface area contributed by atoms with Gasteiger partial charge < -0.3 is 15.0 Å². The first-order valence-electron chi connectivity index (χ1n) is 11.1. The molecule has 0 unspecified atom stereocenters. The topological polar surface area (TPSA) is 88.4 Å². The summed E-state index contributed by atoms with van der Waals surface area (Å²) in [7, 11) is -3.80. The summed E-state index contributed by atoms with van der Waals surface area (Å²) in [6, 6.07) is 8.23. The maximum atomic E-state index is 14.3. The Labute approximate surface area is 206 Å². The van der Waals surface area contributed by atoms with Crippen molar-refractivity contribution in [2.45, 2.75) is 43.8 Å². The maximum absolute atomic E-state index is 14.3. The van der Waals surface area contributed by atoms with Gasteiger partial charge in [-0.3, -0.25) is 4.79 Å². The Morgan fingerprint density at radius 2 is 1.78 bits per heavy atom. The van der Waals surface area contributed by atoms with Gasteiger partial charge in [-0.2, -0.15) is 13.2 Å². The molecule has 3 rings (SSSR count). The van der Waals surface area contributed by atoms with Crippen molar-refractivity contribution in [1.82, 2.24) is 4.57 Å². The van der Waals surface area contributed by atoms with Crippen molar-refractivity contribution in [3.63, 3.8) is 0 Å². The number of hydrogen-bond acceptors (Lipinski definition) is 4. The van der Waals surface area contributed by atoms with Crippen molar-refractivity contribution < 1.29 is 35.9 Å². The quantitative estimate of drug-likeness (QED) is 0.287. The molecule has 0 aliphatic heterocycles. The molecule has 1 heterocycles. The lowest BCUT2D eigenvalue weighted by Crippen LogP contribution is -2.13. The third kappa shape index (κ3) is 6.14. The van der Waals surface area contributed by atoms with Crippen molar-refractivity contribution in [3.05, 3.63) is 71.2 Å². The minimum Gasteiger partial charge on any atom is -0.396 e. The van der Waals surface area contributed by atoms with E-state index in [4.69, 9.17) is 5.11 Å². The van der Waals surface area contributed by atoms with E-state index in [1.807, 2.05) is 0 Å². The fourth-order valence-corrected chi connectivity index (χ4v) is 4.74. The number of aromatic nitrogens is 1. The summed E-state index contributed by atoms with van der Waals surface area (Å²) < 4.78 is 80.4. The van der Waals surface area contributed by atoms with Gasteiger partial charge in [0, 0.05) is 36.9 Å². The van der Waals surface area contributed by atoms with E-state index in [9.17, 15) is 30.8 Å². The molecular weight excluding hydrogens is 500 g/mol. The van der Waals surface area contributed by atoms with E-state index >= 15 is 0 Å². The number of benzene rings is 2. The van der Waals surface area contributed by atoms with Crippen LogP contribution in [0, 0.1) is 12.7 Å². The van der Waals surface area contributed by atoms with Gasteiger partial charge in [0.15, 0.2) is 9.84 Å². The van der Waals surface area contributed by atoms with Crippen LogP contribution in [0.4, 0.5) is 23.2 Å². The van der Waals surface area contributed by atoms with Crippen LogP contribution in [0.15, 0.2) is 53.6 Å². The summed E-state index contributed by atoms with van der Waals surface area (Å²) in [6.45, 7) is 1.85. The molecule has 6 nitrogen and oxygen atoms in total. The zero-order valence-corrected chi connectivity index (χ0v) is 20.5. The molecule has 3 aromatic rings. The van der Waals surface area contributed by atoms with E-state index in [0.717, 1.165) is 24.5 Å². The molecule has 0 aliphatic rings. The lowest BCUT2D eigenvalue weighted by Gasteiger charge is -2.16. The van der Waals surface area contributed by atoms with Gasteiger partial charge in [-0.25, -0.2) is 12.8 Å². The number of nitrogens with one attached hydrogen (secondary N) is 1. The van der Waals surface area contributed by atoms with Crippen LogP contribution in [0.2, 0.25) is 0 Å². The molecule has 0 atom stereocenters. The minimum atomic E-state index is -4.61. The van der Waals surface area contributed by atoms with Crippen LogP contribution in [-0.4, -0.2) is 36.9 Å². The molecule has 0 saturated heterocycles. The van der Waals surface area contributed by atoms with Crippen LogP contribution < -0.4 is 5.32 Å². The van der Waals surface area contributed by atoms with Crippen LogP contribution >= 0.6 is 0 Å². The van der Waals surface area contributed by atoms with E-state index in [1.54, 1.807) is 4.57 Å². The molecule has 1 aromatic heterocycles. The smallest absolute Gasteiger partial charge is 0.396 e. The number of hydrogen-bond donors (Lipinski definition) is 2. The second-order valence-electron chi connectivity index (χ2n) is 8.41. The highest BCUT2D eigenvalue weighted by Gasteiger charge is 2.35. The number of aliphatic hydroxyl groups is 1. The molecule has 0 fully saturated rings. The first-order valence-corrected chi connectivity index (χ1v) is 13.0. The van der Waals surface area contributed by atoms with Gasteiger partial charge in [-0.1, -0.05) is 18.2 Å². The highest BCUT2D eigenvalue weighted by Crippen LogP contribution is 2.39. The number of rotatable bonds is 9. The van der Waals surface area contributed by atoms with E-state index in [0.29, 0.717) is 31.4 Å². The standard InChI is InChI=1S/C25H26F4N2O4S/c1-16-19(24(33)30-17-10-11-22(21(26)14-17)36(2,34)35)15-31(12-6-3-7-13-32)23(16)18-8-4-5-9-20(18)25(27,28)29/h4-5,8-11,14-15,32H,3,6-7,12-13H2,1-2H3,(H,30,33). The Morgan fingerprint density at radius 3 is 2.39 bits per heavy atom. The molecule has 1 amide bonds. The zero-order valence-electron chi connectivity index (χ0n) is 19.7. The SMILES string of the molecule is Cc1c(C(=O)Nc2ccc(S(C)(=O)=O)c(F)c2)cn(CCCCCO)c1-c1ccccc1C(F)(F)F. The Morgan fingerprint density at radius 1 is 1.08 bits per heavy atom. The van der Waals surface area contributed by atoms with Crippen molar-refractivity contribution in [2.75, 3.05) is 18.2 Å². The Kier molecular flexibility index (Phi) is 8.25. The third-order valence-electron chi connectivity index (χ3n) is 5.71. The predicted octanol–water partition coefficient (Wildman–Crippen LogP) is 5.44. The van der Waals surface area contributed by atoms with E-state index in [1.165, 1.54) is 37.4 Å². The third-order valence-corrected chi connectivity index (χ3v) is 6.84. The molecule has 0 bridgehead atoms. The van der Waals surface area contributed by atoms with Gasteiger partial charge in [-0.05, 0) is 56.0 Å². The first-order chi connectivity index (χ1) is 16.8. The number of halogens is 4. The number of carbonyl (C=O) groups excluding carboxylic acids is 1. The molecular formula is C25H26F4N2O4S. The number of sulfone groups is 1. The number of amides is 1. The molecule has 194 valence electrons. The number of alkyl halides is 3. The summed E-state index contributed by atoms with van der Waals surface area (Å²) >= 11 is 0. The average Bonchev–Trinajstić information content (AvgIpc) is 3.11. The normalized spacial score (nSPS) is 12.1. The molecule has 0 spiro atoms. The van der Waals surface area contributed by atoms with Crippen LogP contribution in [0.1, 0.15) is 40.7 Å². The largest absolute Gasteiger partial charge is 0.417 e. The summed E-state index contributed by atoms with van der Waals surface area (Å²) in [5.41, 5.74) is -0.287. The van der Waals surface area contributed by atoms with Gasteiger partial charge in [0.2, 0.25) is 0 Å². The number of nitrogens with zero attached hydrogens (tertiary/aromatic N) is 1. The molecule has 2 N–H and O–H groups in total. The van der Waals surface area contributed by atoms with Gasteiger partial charge in [0.05, 0.1) is 16.8 Å². The van der Waals surface area contributed by atoms with Gasteiger partial charge in [0.25, 0.3) is 5.91 Å². The zero-order chi connectivity index (χ0) is 26.7. The lowest BCUT2D eigenvalue weighted by atomic mass is 10.00. The van der Waals surface area contributed by atoms with Crippen LogP contribution in [0.5, 0.6) is 0 Å². The fourth-order valence-electron chi connectivity index (χ4n) is 4.01. The summed E-state index contributed by atoms with van der Waals surface area (Å²) in [4.78, 5) is 12.5. The monoisotopic (exact) mass is 526 g/mol. The second-order valence-corrected chi connectivity index (χ2v) is 10.4. The van der Waals surface area contributed by atoms with Crippen molar-refractivity contribution in [3.8, 4) is 11.3 Å². The summed E-state index contributed by atoms with van der Waals surface area (Å²) in [6.07, 6.45) is -0.561. The molecule has 36 heavy (non-hydrogen) atoms. The van der Waals surface area contributed by atoms with Gasteiger partial charge in [0.1, 0.15) is 10.7 Å². The average molecular weight is 527 g/mol. The highest BCUT2D eigenvalue weighted by atomic mass is 32.2. The predicted molar refractivity (Wildman–Crippen MR) is 128 cm³/mol. The lowest BCUT2D eigenvalue weighted by molar-refractivity contribution is -0.137. The maximum Gasteiger partial charge on any atom is 0.417 e. The van der Waals surface area contributed by atoms with E-state index in [-0.39, 0.29) is 29.1 Å². The van der Waals surface area contributed by atoms with Crippen molar-refractivity contribution in [2.24, 2.45) is 0 Å². The van der Waals surface area contributed by atoms with Gasteiger partial charge in [-0.15, -0.1) is 0 Å². The van der Waals surface area contributed by atoms with E-state index < -0.39 is 38.2 Å². The second kappa shape index (κ2) is 10.8. The van der Waals surface area contributed by atoms with Crippen LogP contribution in [0.25, 0.3) is 11.3 Å². The summed E-state index contributed by atoms with van der Waals surface area (Å²) in [5, 5.41) is 11.5. The number of carbonyl (C=O) groups is 1. The first kappa shape index (κ1) is 27.4. The Bertz CT molecular complexity index is 1360. The molecule has 0 saturated carbocycles. The summed E-state index contributed by atoms with van der Waals surface area (Å²) in [5.74, 6) is -1.72. The molecule has 11 heteroatoms. The van der Waals surface area contributed by atoms with Crippen molar-refractivity contribution >= 4 is 21.4 Å². The molecule has 2 aromatic carbocycles. The minimum absolute atomic E-state index is 0.00256. The Hall–Kier alpha value is -3.18. The molecule has 0 radical (unpaired) electrons.